The smallest absolute Gasteiger partial charge is 0.131 e. The number of nitriles is 4. The maximum atomic E-state index is 9.33. The average Bonchev–Trinajstić information content (AvgIpc) is 3.99. The van der Waals surface area contributed by atoms with Crippen molar-refractivity contribution in [3.8, 4) is 24.3 Å². The zero-order valence-electron chi connectivity index (χ0n) is 28.0. The van der Waals surface area contributed by atoms with Gasteiger partial charge in [-0.25, -0.2) is 0 Å². The number of allylic oxidation sites excluding steroid dienone is 4. The molecule has 2 fully saturated rings. The Hall–Kier alpha value is -5.02. The molecule has 0 unspecified atom stereocenters. The van der Waals surface area contributed by atoms with Crippen molar-refractivity contribution in [1.82, 2.24) is 0 Å². The quantitative estimate of drug-likeness (QED) is 0.173. The van der Waals surface area contributed by atoms with Gasteiger partial charge in [0, 0.05) is 50.5 Å². The first kappa shape index (κ1) is 31.9. The van der Waals surface area contributed by atoms with Gasteiger partial charge >= 0.3 is 0 Å². The molecule has 2 saturated carbocycles. The molecule has 0 saturated heterocycles. The first-order chi connectivity index (χ1) is 25.0. The number of hydrogen-bond acceptors (Lipinski definition) is 7. The Morgan fingerprint density at radius 3 is 1.33 bits per heavy atom. The highest BCUT2D eigenvalue weighted by molar-refractivity contribution is 7.25. The highest BCUT2D eigenvalue weighted by atomic mass is 32.1. The molecule has 246 valence electrons. The molecule has 0 aliphatic heterocycles. The molecule has 9 rings (SSSR count). The van der Waals surface area contributed by atoms with E-state index in [9.17, 15) is 21.0 Å². The predicted octanol–water partition coefficient (Wildman–Crippen LogP) is 12.6. The van der Waals surface area contributed by atoms with Crippen LogP contribution < -0.4 is 0 Å². The lowest BCUT2D eigenvalue weighted by atomic mass is 9.66. The standard InChI is InChI=1S/C44H32N4S3/c45-23-27(24-46)15-31-7-9-39(49-31)37-17-29-19-41-33(21-35(29)43(37)11-3-1-4-12-43)34-22-36-30(20-42(34)51-41)18-38(44(36)13-5-2-6-14-44)40-10-8-32(50-40)16-28(25-47)26-48/h7-10,15-22H,1-6,11-14H2. The van der Waals surface area contributed by atoms with Crippen LogP contribution in [0.3, 0.4) is 0 Å². The van der Waals surface area contributed by atoms with Gasteiger partial charge in [0.05, 0.1) is 0 Å². The van der Waals surface area contributed by atoms with Crippen LogP contribution in [-0.2, 0) is 10.8 Å². The molecule has 5 aromatic rings. The van der Waals surface area contributed by atoms with E-state index in [1.165, 1.54) is 102 Å². The summed E-state index contributed by atoms with van der Waals surface area (Å²) in [5.74, 6) is 0. The van der Waals surface area contributed by atoms with Gasteiger partial charge in [-0.05, 0) is 132 Å². The fourth-order valence-electron chi connectivity index (χ4n) is 9.46. The second-order valence-electron chi connectivity index (χ2n) is 14.3. The van der Waals surface area contributed by atoms with E-state index in [1.807, 2.05) is 35.6 Å². The first-order valence-electron chi connectivity index (χ1n) is 17.7. The van der Waals surface area contributed by atoms with Crippen molar-refractivity contribution in [3.05, 3.63) is 101 Å². The molecule has 3 aromatic heterocycles. The normalized spacial score (nSPS) is 17.9. The monoisotopic (exact) mass is 712 g/mol. The van der Waals surface area contributed by atoms with Crippen LogP contribution in [-0.4, -0.2) is 0 Å². The zero-order valence-corrected chi connectivity index (χ0v) is 30.5. The molecule has 0 N–H and O–H groups in total. The minimum atomic E-state index is -0.0204. The van der Waals surface area contributed by atoms with Gasteiger partial charge in [0.25, 0.3) is 0 Å². The molecule has 2 spiro atoms. The SMILES string of the molecule is N#CC(C#N)=Cc1ccc(C2=Cc3cc4sc5cc6c(cc5c4cc3C23CCCCC3)C2(CCCCC2)C(c2ccc(C=C(C#N)C#N)s2)=C6)s1. The van der Waals surface area contributed by atoms with Crippen molar-refractivity contribution in [1.29, 1.82) is 21.0 Å². The average molecular weight is 713 g/mol. The fraction of sp³-hybridized carbons (Fsp3) is 0.273. The molecule has 4 aliphatic rings. The molecule has 2 aromatic carbocycles. The molecule has 51 heavy (non-hydrogen) atoms. The summed E-state index contributed by atoms with van der Waals surface area (Å²) in [5, 5.41) is 40.1. The summed E-state index contributed by atoms with van der Waals surface area (Å²) in [4.78, 5) is 4.37. The van der Waals surface area contributed by atoms with Gasteiger partial charge < -0.3 is 0 Å². The van der Waals surface area contributed by atoms with Gasteiger partial charge in [0.2, 0.25) is 0 Å². The molecule has 0 amide bonds. The maximum Gasteiger partial charge on any atom is 0.131 e. The van der Waals surface area contributed by atoms with E-state index in [1.54, 1.807) is 34.8 Å². The Labute approximate surface area is 309 Å². The Bertz CT molecular complexity index is 2380. The lowest BCUT2D eigenvalue weighted by Crippen LogP contribution is -2.28. The second-order valence-corrected chi connectivity index (χ2v) is 17.7. The van der Waals surface area contributed by atoms with E-state index in [-0.39, 0.29) is 22.0 Å². The van der Waals surface area contributed by atoms with Crippen LogP contribution in [0.25, 0.3) is 55.6 Å². The van der Waals surface area contributed by atoms with Crippen molar-refractivity contribution in [2.45, 2.75) is 75.0 Å². The molecular formula is C44H32N4S3. The minimum Gasteiger partial charge on any atom is -0.192 e. The molecule has 3 heterocycles. The summed E-state index contributed by atoms with van der Waals surface area (Å²) in [6.45, 7) is 0. The van der Waals surface area contributed by atoms with E-state index in [0.717, 1.165) is 35.4 Å². The van der Waals surface area contributed by atoms with Gasteiger partial charge in [-0.2, -0.15) is 21.0 Å². The highest BCUT2D eigenvalue weighted by Crippen LogP contribution is 2.59. The third-order valence-electron chi connectivity index (χ3n) is 11.7. The molecule has 4 nitrogen and oxygen atoms in total. The van der Waals surface area contributed by atoms with Gasteiger partial charge in [-0.15, -0.1) is 34.0 Å². The second kappa shape index (κ2) is 12.3. The van der Waals surface area contributed by atoms with Crippen molar-refractivity contribution >= 4 is 89.6 Å². The van der Waals surface area contributed by atoms with Crippen LogP contribution >= 0.6 is 34.0 Å². The molecule has 0 atom stereocenters. The number of hydrogen-bond donors (Lipinski definition) is 0. The van der Waals surface area contributed by atoms with Gasteiger partial charge in [0.15, 0.2) is 0 Å². The topological polar surface area (TPSA) is 95.2 Å². The number of fused-ring (bicyclic) bond motifs is 7. The molecule has 7 heteroatoms. The number of nitrogens with zero attached hydrogens (tertiary/aromatic N) is 4. The van der Waals surface area contributed by atoms with E-state index in [2.05, 4.69) is 60.7 Å². The third kappa shape index (κ3) is 4.99. The van der Waals surface area contributed by atoms with Gasteiger partial charge in [0.1, 0.15) is 35.4 Å². The summed E-state index contributed by atoms with van der Waals surface area (Å²) < 4.78 is 2.67. The summed E-state index contributed by atoms with van der Waals surface area (Å²) >= 11 is 5.27. The Morgan fingerprint density at radius 1 is 0.529 bits per heavy atom. The fourth-order valence-corrected chi connectivity index (χ4v) is 12.8. The number of benzene rings is 2. The Balaban J connectivity index is 1.16. The Morgan fingerprint density at radius 2 is 0.941 bits per heavy atom. The lowest BCUT2D eigenvalue weighted by molar-refractivity contribution is 0.373. The number of rotatable bonds is 4. The largest absolute Gasteiger partial charge is 0.192 e. The van der Waals surface area contributed by atoms with Crippen LogP contribution in [0.1, 0.15) is 106 Å². The van der Waals surface area contributed by atoms with E-state index < -0.39 is 0 Å². The summed E-state index contributed by atoms with van der Waals surface area (Å²) in [5.41, 5.74) is 8.63. The van der Waals surface area contributed by atoms with Crippen LogP contribution in [0.5, 0.6) is 0 Å². The number of thiophene rings is 3. The third-order valence-corrected chi connectivity index (χ3v) is 15.0. The van der Waals surface area contributed by atoms with Crippen molar-refractivity contribution in [3.63, 3.8) is 0 Å². The Kier molecular flexibility index (Phi) is 7.72. The summed E-state index contributed by atoms with van der Waals surface area (Å²) in [6, 6.07) is 26.5. The van der Waals surface area contributed by atoms with E-state index in [0.29, 0.717) is 0 Å². The van der Waals surface area contributed by atoms with Crippen molar-refractivity contribution < 1.29 is 0 Å². The molecular weight excluding hydrogens is 681 g/mol. The van der Waals surface area contributed by atoms with E-state index >= 15 is 0 Å². The van der Waals surface area contributed by atoms with Crippen LogP contribution in [0, 0.1) is 45.3 Å². The predicted molar refractivity (Wildman–Crippen MR) is 212 cm³/mol. The van der Waals surface area contributed by atoms with Crippen LogP contribution in [0.4, 0.5) is 0 Å². The maximum absolute atomic E-state index is 9.33. The minimum absolute atomic E-state index is 0.0204. The lowest BCUT2D eigenvalue weighted by Gasteiger charge is -2.38. The van der Waals surface area contributed by atoms with Gasteiger partial charge in [-0.1, -0.05) is 38.5 Å². The first-order valence-corrected chi connectivity index (χ1v) is 20.2. The van der Waals surface area contributed by atoms with Crippen LogP contribution in [0.2, 0.25) is 0 Å². The molecule has 0 radical (unpaired) electrons. The van der Waals surface area contributed by atoms with Crippen molar-refractivity contribution in [2.24, 2.45) is 0 Å². The van der Waals surface area contributed by atoms with Crippen molar-refractivity contribution in [2.75, 3.05) is 0 Å². The molecule has 4 aliphatic carbocycles. The van der Waals surface area contributed by atoms with Crippen LogP contribution in [0.15, 0.2) is 59.7 Å². The summed E-state index contributed by atoms with van der Waals surface area (Å²) in [6.07, 6.45) is 20.2. The zero-order chi connectivity index (χ0) is 34.7. The molecule has 0 bridgehead atoms. The highest BCUT2D eigenvalue weighted by Gasteiger charge is 2.45. The van der Waals surface area contributed by atoms with E-state index in [4.69, 9.17) is 0 Å². The van der Waals surface area contributed by atoms with Gasteiger partial charge in [-0.3, -0.25) is 0 Å². The summed E-state index contributed by atoms with van der Waals surface area (Å²) in [7, 11) is 0.